The van der Waals surface area contributed by atoms with E-state index in [1.165, 1.54) is 13.8 Å². The quantitative estimate of drug-likeness (QED) is 0.0533. The lowest BCUT2D eigenvalue weighted by molar-refractivity contribution is -0.128. The third-order valence-corrected chi connectivity index (χ3v) is 6.51. The Morgan fingerprint density at radius 2 is 1.10 bits per heavy atom. The number of carbonyl (C=O) groups is 5. The van der Waals surface area contributed by atoms with E-state index in [9.17, 15) is 19.2 Å². The number of benzene rings is 2. The van der Waals surface area contributed by atoms with Crippen molar-refractivity contribution in [3.63, 3.8) is 0 Å². The summed E-state index contributed by atoms with van der Waals surface area (Å²) >= 11 is 0. The fraction of sp³-hybridized carbons (Fsp3) is 0.528. The molecule has 2 aromatic rings. The molecule has 0 fully saturated rings. The van der Waals surface area contributed by atoms with Crippen molar-refractivity contribution in [1.82, 2.24) is 10.6 Å². The average Bonchev–Trinajstić information content (AvgIpc) is 3.13. The molecular formula is C36H56N4O11. The molecule has 0 heterocycles. The van der Waals surface area contributed by atoms with Crippen LogP contribution in [0.4, 0.5) is 11.4 Å². The first-order valence-corrected chi connectivity index (χ1v) is 16.4. The summed E-state index contributed by atoms with van der Waals surface area (Å²) in [6, 6.07) is 13.8. The van der Waals surface area contributed by atoms with Crippen LogP contribution in [-0.2, 0) is 42.8 Å². The minimum atomic E-state index is -0.426. The molecular weight excluding hydrogens is 664 g/mol. The van der Waals surface area contributed by atoms with Gasteiger partial charge in [0.05, 0.1) is 33.0 Å². The zero-order chi connectivity index (χ0) is 38.3. The molecule has 2 rings (SSSR count). The topological polar surface area (TPSA) is 203 Å². The van der Waals surface area contributed by atoms with Gasteiger partial charge in [0.1, 0.15) is 18.0 Å². The number of anilines is 2. The van der Waals surface area contributed by atoms with Gasteiger partial charge < -0.3 is 50.1 Å². The molecule has 0 saturated heterocycles. The monoisotopic (exact) mass is 720 g/mol. The largest absolute Gasteiger partial charge is 0.399 e. The van der Waals surface area contributed by atoms with Gasteiger partial charge in [0.25, 0.3) is 11.8 Å². The highest BCUT2D eigenvalue weighted by Gasteiger charge is 2.09. The van der Waals surface area contributed by atoms with Crippen molar-refractivity contribution in [2.75, 3.05) is 98.8 Å². The number of ketones is 2. The molecule has 2 amide bonds. The summed E-state index contributed by atoms with van der Waals surface area (Å²) in [6.07, 6.45) is 1.60. The van der Waals surface area contributed by atoms with E-state index in [4.69, 9.17) is 38.9 Å². The Balaban J connectivity index is 0.000000874. The highest BCUT2D eigenvalue weighted by molar-refractivity contribution is 6.23. The fourth-order valence-electron chi connectivity index (χ4n) is 3.73. The van der Waals surface area contributed by atoms with E-state index < -0.39 is 5.78 Å². The second-order valence-electron chi connectivity index (χ2n) is 11.0. The molecule has 0 spiro atoms. The fourth-order valence-corrected chi connectivity index (χ4v) is 3.73. The van der Waals surface area contributed by atoms with Crippen LogP contribution in [0.5, 0.6) is 0 Å². The average molecular weight is 721 g/mol. The second kappa shape index (κ2) is 30.6. The smallest absolute Gasteiger partial charge is 0.251 e. The van der Waals surface area contributed by atoms with Crippen LogP contribution < -0.4 is 21.7 Å². The molecule has 51 heavy (non-hydrogen) atoms. The number of nitrogens with one attached hydrogen (secondary N) is 3. The predicted octanol–water partition coefficient (Wildman–Crippen LogP) is 2.33. The van der Waals surface area contributed by atoms with Crippen LogP contribution >= 0.6 is 0 Å². The second-order valence-corrected chi connectivity index (χ2v) is 11.0. The van der Waals surface area contributed by atoms with Crippen LogP contribution in [0.15, 0.2) is 48.5 Å². The Hall–Kier alpha value is -4.25. The van der Waals surface area contributed by atoms with Crippen LogP contribution in [0.3, 0.4) is 0 Å². The molecule has 0 aromatic heterocycles. The Morgan fingerprint density at radius 1 is 0.686 bits per heavy atom. The molecule has 0 aliphatic rings. The number of amides is 2. The van der Waals surface area contributed by atoms with Gasteiger partial charge in [-0.2, -0.15) is 0 Å². The number of nitrogen functional groups attached to an aromatic ring is 1. The van der Waals surface area contributed by atoms with Gasteiger partial charge in [0.2, 0.25) is 0 Å². The maximum Gasteiger partial charge on any atom is 0.251 e. The van der Waals surface area contributed by atoms with Crippen molar-refractivity contribution in [2.24, 2.45) is 0 Å². The van der Waals surface area contributed by atoms with E-state index in [0.717, 1.165) is 12.1 Å². The molecule has 286 valence electrons. The number of ether oxygens (including phenoxy) is 6. The lowest BCUT2D eigenvalue weighted by Gasteiger charge is -2.14. The first-order chi connectivity index (χ1) is 24.5. The van der Waals surface area contributed by atoms with E-state index in [-0.39, 0.29) is 42.6 Å². The van der Waals surface area contributed by atoms with Crippen molar-refractivity contribution >= 4 is 41.0 Å². The standard InChI is InChI=1S/C18H28N2O5.C15H24N2O4.C3H4O2/c1-14(21)11-20-16-7-5-15(6-8-16)18(22)19-9-4-10-25-13-17(24-3)12-23-2;1-19-10-14(20-2)11-21-9-3-8-17-15(18)12-4-6-13(16)7-5-12;1-3(5)2-4/h5-8,17,20H,4,9-13H2,1-3H3,(H,19,22);4-7,14H,3,8-11,16H2,1-2H3,(H,17,18);2H,1H3. The number of hydrogen-bond acceptors (Lipinski definition) is 13. The summed E-state index contributed by atoms with van der Waals surface area (Å²) in [5.74, 6) is -0.607. The highest BCUT2D eigenvalue weighted by atomic mass is 16.6. The van der Waals surface area contributed by atoms with Gasteiger partial charge in [-0.3, -0.25) is 24.0 Å². The molecule has 2 unspecified atom stereocenters. The van der Waals surface area contributed by atoms with Crippen molar-refractivity contribution in [3.05, 3.63) is 59.7 Å². The molecule has 0 aliphatic heterocycles. The van der Waals surface area contributed by atoms with Gasteiger partial charge in [-0.05, 0) is 68.3 Å². The summed E-state index contributed by atoms with van der Waals surface area (Å²) in [5.41, 5.74) is 8.20. The minimum absolute atomic E-state index is 0.0561. The third kappa shape index (κ3) is 25.4. The normalized spacial score (nSPS) is 11.4. The Kier molecular flexibility index (Phi) is 28.0. The van der Waals surface area contributed by atoms with Crippen LogP contribution in [0, 0.1) is 0 Å². The van der Waals surface area contributed by atoms with Crippen molar-refractivity contribution in [2.45, 2.75) is 38.9 Å². The molecule has 2 atom stereocenters. The Morgan fingerprint density at radius 3 is 1.45 bits per heavy atom. The molecule has 5 N–H and O–H groups in total. The van der Waals surface area contributed by atoms with Crippen LogP contribution in [0.25, 0.3) is 0 Å². The summed E-state index contributed by atoms with van der Waals surface area (Å²) in [5, 5.41) is 8.66. The first-order valence-electron chi connectivity index (χ1n) is 16.4. The van der Waals surface area contributed by atoms with Crippen molar-refractivity contribution in [3.8, 4) is 0 Å². The maximum atomic E-state index is 12.0. The molecule has 2 aromatic carbocycles. The molecule has 0 aliphatic carbocycles. The predicted molar refractivity (Wildman–Crippen MR) is 194 cm³/mol. The van der Waals surface area contributed by atoms with E-state index in [0.29, 0.717) is 76.0 Å². The molecule has 15 heteroatoms. The van der Waals surface area contributed by atoms with Gasteiger partial charge in [-0.25, -0.2) is 0 Å². The number of nitrogens with two attached hydrogens (primary N) is 1. The van der Waals surface area contributed by atoms with Gasteiger partial charge in [-0.15, -0.1) is 0 Å². The molecule has 0 saturated carbocycles. The van der Waals surface area contributed by atoms with Crippen LogP contribution in [-0.4, -0.2) is 130 Å². The summed E-state index contributed by atoms with van der Waals surface area (Å²) < 4.78 is 31.3. The van der Waals surface area contributed by atoms with E-state index in [1.54, 1.807) is 77.0 Å². The van der Waals surface area contributed by atoms with Crippen LogP contribution in [0.1, 0.15) is 47.4 Å². The number of aldehydes is 1. The zero-order valence-corrected chi connectivity index (χ0v) is 30.7. The maximum absolute atomic E-state index is 12.0. The van der Waals surface area contributed by atoms with E-state index in [1.807, 2.05) is 0 Å². The van der Waals surface area contributed by atoms with Crippen molar-refractivity contribution in [1.29, 1.82) is 0 Å². The number of rotatable bonds is 24. The Bertz CT molecular complexity index is 1240. The molecule has 0 radical (unpaired) electrons. The van der Waals surface area contributed by atoms with Gasteiger partial charge in [-0.1, -0.05) is 0 Å². The van der Waals surface area contributed by atoms with Crippen LogP contribution in [0.2, 0.25) is 0 Å². The summed E-state index contributed by atoms with van der Waals surface area (Å²) in [4.78, 5) is 53.4. The third-order valence-electron chi connectivity index (χ3n) is 6.51. The minimum Gasteiger partial charge on any atom is -0.399 e. The lowest BCUT2D eigenvalue weighted by Crippen LogP contribution is -2.27. The summed E-state index contributed by atoms with van der Waals surface area (Å²) in [7, 11) is 6.49. The zero-order valence-electron chi connectivity index (χ0n) is 30.7. The number of Topliss-reactive ketones (excluding diaryl/α,β-unsaturated/α-hetero) is 2. The number of carbonyl (C=O) groups excluding carboxylic acids is 5. The SMILES string of the molecule is CC(=O)C=O.COCC(COCCCNC(=O)c1ccc(N)cc1)OC.COCC(COCCCNC(=O)c1ccc(NCC(C)=O)cc1)OC. The number of methoxy groups -OCH3 is 4. The highest BCUT2D eigenvalue weighted by Crippen LogP contribution is 2.09. The molecule has 0 bridgehead atoms. The Labute approximate surface area is 301 Å². The number of hydrogen-bond donors (Lipinski definition) is 4. The van der Waals surface area contributed by atoms with E-state index >= 15 is 0 Å². The lowest BCUT2D eigenvalue weighted by atomic mass is 10.2. The molecule has 15 nitrogen and oxygen atoms in total. The first kappa shape index (κ1) is 46.8. The van der Waals surface area contributed by atoms with E-state index in [2.05, 4.69) is 16.0 Å². The van der Waals surface area contributed by atoms with Crippen molar-refractivity contribution < 1.29 is 52.4 Å². The summed E-state index contributed by atoms with van der Waals surface area (Å²) in [6.45, 7) is 7.15. The van der Waals surface area contributed by atoms with Gasteiger partial charge >= 0.3 is 0 Å². The van der Waals surface area contributed by atoms with Gasteiger partial charge in [0.15, 0.2) is 12.1 Å². The van der Waals surface area contributed by atoms with Gasteiger partial charge in [0, 0.05) is 84.2 Å².